The van der Waals surface area contributed by atoms with Gasteiger partial charge in [0.1, 0.15) is 0 Å². The fourth-order valence-electron chi connectivity index (χ4n) is 2.42. The van der Waals surface area contributed by atoms with E-state index in [4.69, 9.17) is 4.98 Å². The average Bonchev–Trinajstić information content (AvgIpc) is 2.55. The smallest absolute Gasteiger partial charge is 0.0713 e. The van der Waals surface area contributed by atoms with Crippen LogP contribution in [0.4, 0.5) is 0 Å². The summed E-state index contributed by atoms with van der Waals surface area (Å²) in [5.41, 5.74) is 7.23. The molecule has 0 radical (unpaired) electrons. The molecule has 2 aromatic carbocycles. The number of hydrogen-bond acceptors (Lipinski definition) is 2. The van der Waals surface area contributed by atoms with Crippen LogP contribution in [0.1, 0.15) is 16.7 Å². The molecule has 1 aromatic heterocycles. The molecule has 0 bridgehead atoms. The quantitative estimate of drug-likeness (QED) is 0.768. The van der Waals surface area contributed by atoms with Crippen LogP contribution in [0.3, 0.4) is 0 Å². The van der Waals surface area contributed by atoms with E-state index in [1.54, 1.807) is 0 Å². The number of nitrogens with zero attached hydrogens (tertiary/aromatic N) is 1. The monoisotopic (exact) mass is 289 g/mol. The Labute approximate surface area is 131 Å². The molecule has 1 heterocycles. The molecule has 2 heteroatoms. The third-order valence-electron chi connectivity index (χ3n) is 3.76. The zero-order valence-corrected chi connectivity index (χ0v) is 12.9. The lowest BCUT2D eigenvalue weighted by molar-refractivity contribution is 0.282. The number of pyridine rings is 1. The van der Waals surface area contributed by atoms with Crippen molar-refractivity contribution in [3.8, 4) is 22.5 Å². The van der Waals surface area contributed by atoms with Crippen LogP contribution >= 0.6 is 0 Å². The van der Waals surface area contributed by atoms with Crippen molar-refractivity contribution >= 4 is 0 Å². The first-order chi connectivity index (χ1) is 10.7. The van der Waals surface area contributed by atoms with Gasteiger partial charge < -0.3 is 5.11 Å². The maximum atomic E-state index is 9.54. The maximum absolute atomic E-state index is 9.54. The molecule has 0 saturated heterocycles. The maximum Gasteiger partial charge on any atom is 0.0713 e. The molecule has 1 N–H and O–H groups in total. The molecule has 0 aliphatic rings. The molecule has 0 amide bonds. The number of aliphatic hydroxyl groups excluding tert-OH is 1. The van der Waals surface area contributed by atoms with Gasteiger partial charge in [0, 0.05) is 11.1 Å². The second kappa shape index (κ2) is 6.12. The van der Waals surface area contributed by atoms with Crippen LogP contribution in [0.5, 0.6) is 0 Å². The van der Waals surface area contributed by atoms with E-state index in [1.165, 1.54) is 11.1 Å². The minimum atomic E-state index is 0.0141. The second-order valence-corrected chi connectivity index (χ2v) is 5.64. The SMILES string of the molecule is Cc1ccc(-c2cc(CO)cc(-c3ccc(C)cc3)n2)cc1. The molecule has 0 spiro atoms. The van der Waals surface area contributed by atoms with Crippen molar-refractivity contribution in [1.29, 1.82) is 0 Å². The van der Waals surface area contributed by atoms with Crippen molar-refractivity contribution < 1.29 is 5.11 Å². The average molecular weight is 289 g/mol. The zero-order valence-electron chi connectivity index (χ0n) is 12.9. The van der Waals surface area contributed by atoms with Crippen molar-refractivity contribution in [2.24, 2.45) is 0 Å². The molecular weight excluding hydrogens is 270 g/mol. The van der Waals surface area contributed by atoms with Crippen LogP contribution in [-0.4, -0.2) is 10.1 Å². The highest BCUT2D eigenvalue weighted by molar-refractivity contribution is 5.67. The molecular formula is C20H19NO. The topological polar surface area (TPSA) is 33.1 Å². The number of aromatic nitrogens is 1. The highest BCUT2D eigenvalue weighted by atomic mass is 16.3. The molecule has 0 fully saturated rings. The first kappa shape index (κ1) is 14.5. The highest BCUT2D eigenvalue weighted by Crippen LogP contribution is 2.25. The normalized spacial score (nSPS) is 10.7. The van der Waals surface area contributed by atoms with Crippen LogP contribution in [-0.2, 0) is 6.61 Å². The first-order valence-electron chi connectivity index (χ1n) is 7.41. The standard InChI is InChI=1S/C20H19NO/c1-14-3-7-17(8-4-14)19-11-16(13-22)12-20(21-19)18-9-5-15(2)6-10-18/h3-12,22H,13H2,1-2H3. The van der Waals surface area contributed by atoms with E-state index in [0.29, 0.717) is 0 Å². The van der Waals surface area contributed by atoms with Gasteiger partial charge in [-0.2, -0.15) is 0 Å². The number of benzene rings is 2. The van der Waals surface area contributed by atoms with Gasteiger partial charge in [-0.25, -0.2) is 4.98 Å². The lowest BCUT2D eigenvalue weighted by Gasteiger charge is -2.09. The summed E-state index contributed by atoms with van der Waals surface area (Å²) in [6.07, 6.45) is 0. The summed E-state index contributed by atoms with van der Waals surface area (Å²) < 4.78 is 0. The molecule has 3 aromatic rings. The molecule has 0 aliphatic carbocycles. The molecule has 2 nitrogen and oxygen atoms in total. The number of hydrogen-bond donors (Lipinski definition) is 1. The highest BCUT2D eigenvalue weighted by Gasteiger charge is 2.07. The van der Waals surface area contributed by atoms with Gasteiger partial charge in [-0.1, -0.05) is 59.7 Å². The minimum Gasteiger partial charge on any atom is -0.392 e. The van der Waals surface area contributed by atoms with E-state index in [1.807, 2.05) is 12.1 Å². The predicted octanol–water partition coefficient (Wildman–Crippen LogP) is 4.52. The Morgan fingerprint density at radius 2 is 1.14 bits per heavy atom. The summed E-state index contributed by atoms with van der Waals surface area (Å²) in [5.74, 6) is 0. The second-order valence-electron chi connectivity index (χ2n) is 5.64. The summed E-state index contributed by atoms with van der Waals surface area (Å²) in [4.78, 5) is 4.77. The Bertz CT molecular complexity index is 710. The van der Waals surface area contributed by atoms with Crippen molar-refractivity contribution in [2.75, 3.05) is 0 Å². The molecule has 0 aliphatic heterocycles. The molecule has 110 valence electrons. The van der Waals surface area contributed by atoms with Gasteiger partial charge in [0.2, 0.25) is 0 Å². The fraction of sp³-hybridized carbons (Fsp3) is 0.150. The molecule has 0 unspecified atom stereocenters. The fourth-order valence-corrected chi connectivity index (χ4v) is 2.42. The third kappa shape index (κ3) is 3.07. The minimum absolute atomic E-state index is 0.0141. The van der Waals surface area contributed by atoms with E-state index in [-0.39, 0.29) is 6.61 Å². The predicted molar refractivity (Wildman–Crippen MR) is 90.5 cm³/mol. The zero-order chi connectivity index (χ0) is 15.5. The van der Waals surface area contributed by atoms with Gasteiger partial charge in [0.15, 0.2) is 0 Å². The van der Waals surface area contributed by atoms with Crippen molar-refractivity contribution in [3.05, 3.63) is 77.4 Å². The van der Waals surface area contributed by atoms with Gasteiger partial charge >= 0.3 is 0 Å². The van der Waals surface area contributed by atoms with Crippen molar-refractivity contribution in [3.63, 3.8) is 0 Å². The summed E-state index contributed by atoms with van der Waals surface area (Å²) in [7, 11) is 0. The van der Waals surface area contributed by atoms with E-state index in [2.05, 4.69) is 62.4 Å². The Kier molecular flexibility index (Phi) is 4.03. The summed E-state index contributed by atoms with van der Waals surface area (Å²) in [5, 5.41) is 9.54. The van der Waals surface area contributed by atoms with Crippen molar-refractivity contribution in [2.45, 2.75) is 20.5 Å². The Morgan fingerprint density at radius 1 is 0.727 bits per heavy atom. The lowest BCUT2D eigenvalue weighted by Crippen LogP contribution is -1.93. The van der Waals surface area contributed by atoms with Gasteiger partial charge in [0.05, 0.1) is 18.0 Å². The summed E-state index contributed by atoms with van der Waals surface area (Å²) >= 11 is 0. The molecule has 22 heavy (non-hydrogen) atoms. The Hall–Kier alpha value is -2.45. The molecule has 0 saturated carbocycles. The molecule has 3 rings (SSSR count). The number of aryl methyl sites for hydroxylation is 2. The van der Waals surface area contributed by atoms with Gasteiger partial charge in [-0.05, 0) is 31.5 Å². The number of aliphatic hydroxyl groups is 1. The largest absolute Gasteiger partial charge is 0.392 e. The lowest BCUT2D eigenvalue weighted by atomic mass is 10.0. The van der Waals surface area contributed by atoms with Crippen LogP contribution in [0.25, 0.3) is 22.5 Å². The van der Waals surface area contributed by atoms with E-state index in [0.717, 1.165) is 28.1 Å². The van der Waals surface area contributed by atoms with Crippen molar-refractivity contribution in [1.82, 2.24) is 4.98 Å². The van der Waals surface area contributed by atoms with Crippen LogP contribution in [0, 0.1) is 13.8 Å². The first-order valence-corrected chi connectivity index (χ1v) is 7.41. The van der Waals surface area contributed by atoms with Gasteiger partial charge in [-0.3, -0.25) is 0 Å². The van der Waals surface area contributed by atoms with Crippen LogP contribution < -0.4 is 0 Å². The summed E-state index contributed by atoms with van der Waals surface area (Å²) in [6, 6.07) is 20.5. The van der Waals surface area contributed by atoms with Gasteiger partial charge in [0.25, 0.3) is 0 Å². The number of rotatable bonds is 3. The van der Waals surface area contributed by atoms with Crippen LogP contribution in [0.2, 0.25) is 0 Å². The van der Waals surface area contributed by atoms with Crippen LogP contribution in [0.15, 0.2) is 60.7 Å². The summed E-state index contributed by atoms with van der Waals surface area (Å²) in [6.45, 7) is 4.15. The van der Waals surface area contributed by atoms with E-state index in [9.17, 15) is 5.11 Å². The Morgan fingerprint density at radius 3 is 1.50 bits per heavy atom. The van der Waals surface area contributed by atoms with E-state index >= 15 is 0 Å². The van der Waals surface area contributed by atoms with Gasteiger partial charge in [-0.15, -0.1) is 0 Å². The Balaban J connectivity index is 2.10. The van der Waals surface area contributed by atoms with E-state index < -0.39 is 0 Å². The molecule has 0 atom stereocenters. The third-order valence-corrected chi connectivity index (χ3v) is 3.76.